The number of benzene rings is 2. The Bertz CT molecular complexity index is 1060. The first-order chi connectivity index (χ1) is 16.0. The Labute approximate surface area is 198 Å². The summed E-state index contributed by atoms with van der Waals surface area (Å²) < 4.78 is 17.5. The second-order valence-corrected chi connectivity index (χ2v) is 9.29. The van der Waals surface area contributed by atoms with Crippen LogP contribution in [0.2, 0.25) is 0 Å². The molecule has 0 N–H and O–H groups in total. The fourth-order valence-corrected chi connectivity index (χ4v) is 4.77. The van der Waals surface area contributed by atoms with E-state index in [4.69, 9.17) is 19.2 Å². The molecule has 1 aliphatic rings. The maximum Gasteiger partial charge on any atom is 0.260 e. The molecule has 3 aromatic rings. The van der Waals surface area contributed by atoms with Crippen molar-refractivity contribution >= 4 is 32.6 Å². The van der Waals surface area contributed by atoms with E-state index < -0.39 is 0 Å². The summed E-state index contributed by atoms with van der Waals surface area (Å²) in [5.74, 6) is 1.46. The standard InChI is InChI=1S/C25H31N3O4S/c1-18(2)32-20-7-5-19(6-8-20)24(29)28(12-4-11-27-13-15-31-16-14-27)25-26-22-17-21(30-3)9-10-23(22)33-25/h5-10,17-18H,4,11-16H2,1-3H3. The smallest absolute Gasteiger partial charge is 0.260 e. The highest BCUT2D eigenvalue weighted by Crippen LogP contribution is 2.32. The van der Waals surface area contributed by atoms with Gasteiger partial charge in [-0.15, -0.1) is 0 Å². The quantitative estimate of drug-likeness (QED) is 0.461. The van der Waals surface area contributed by atoms with E-state index in [0.717, 1.165) is 61.0 Å². The van der Waals surface area contributed by atoms with Gasteiger partial charge < -0.3 is 14.2 Å². The van der Waals surface area contributed by atoms with Gasteiger partial charge in [-0.3, -0.25) is 14.6 Å². The number of hydrogen-bond acceptors (Lipinski definition) is 7. The molecule has 4 rings (SSSR count). The van der Waals surface area contributed by atoms with Crippen molar-refractivity contribution in [3.8, 4) is 11.5 Å². The van der Waals surface area contributed by atoms with Crippen LogP contribution in [0.5, 0.6) is 11.5 Å². The van der Waals surface area contributed by atoms with Crippen molar-refractivity contribution in [3.05, 3.63) is 48.0 Å². The second kappa shape index (κ2) is 11.0. The summed E-state index contributed by atoms with van der Waals surface area (Å²) in [7, 11) is 1.64. The molecule has 1 aromatic heterocycles. The number of hydrogen-bond donors (Lipinski definition) is 0. The van der Waals surface area contributed by atoms with Crippen molar-refractivity contribution in [2.75, 3.05) is 51.4 Å². The van der Waals surface area contributed by atoms with Crippen molar-refractivity contribution in [1.29, 1.82) is 0 Å². The number of carbonyl (C=O) groups is 1. The van der Waals surface area contributed by atoms with E-state index in [9.17, 15) is 4.79 Å². The van der Waals surface area contributed by atoms with Gasteiger partial charge in [0.15, 0.2) is 5.13 Å². The molecule has 1 fully saturated rings. The largest absolute Gasteiger partial charge is 0.497 e. The van der Waals surface area contributed by atoms with E-state index in [-0.39, 0.29) is 12.0 Å². The van der Waals surface area contributed by atoms with Gasteiger partial charge in [-0.25, -0.2) is 4.98 Å². The lowest BCUT2D eigenvalue weighted by Crippen LogP contribution is -2.39. The third kappa shape index (κ3) is 6.01. The van der Waals surface area contributed by atoms with Crippen molar-refractivity contribution < 1.29 is 19.0 Å². The number of amides is 1. The summed E-state index contributed by atoms with van der Waals surface area (Å²) in [4.78, 5) is 22.5. The van der Waals surface area contributed by atoms with Crippen LogP contribution in [-0.2, 0) is 4.74 Å². The molecular formula is C25H31N3O4S. The van der Waals surface area contributed by atoms with Gasteiger partial charge in [0.1, 0.15) is 11.5 Å². The average molecular weight is 470 g/mol. The van der Waals surface area contributed by atoms with Gasteiger partial charge in [0.2, 0.25) is 0 Å². The Balaban J connectivity index is 1.55. The van der Waals surface area contributed by atoms with Crippen molar-refractivity contribution in [2.45, 2.75) is 26.4 Å². The summed E-state index contributed by atoms with van der Waals surface area (Å²) in [6.07, 6.45) is 0.947. The summed E-state index contributed by atoms with van der Waals surface area (Å²) in [6, 6.07) is 13.2. The molecule has 1 saturated heterocycles. The zero-order chi connectivity index (χ0) is 23.2. The van der Waals surface area contributed by atoms with Gasteiger partial charge in [-0.2, -0.15) is 0 Å². The van der Waals surface area contributed by atoms with E-state index in [1.165, 1.54) is 11.3 Å². The van der Waals surface area contributed by atoms with E-state index in [1.807, 2.05) is 56.3 Å². The SMILES string of the molecule is COc1ccc2sc(N(CCCN3CCOCC3)C(=O)c3ccc(OC(C)C)cc3)nc2c1. The number of carbonyl (C=O) groups excluding carboxylic acids is 1. The summed E-state index contributed by atoms with van der Waals surface area (Å²) in [5.41, 5.74) is 1.45. The maximum atomic E-state index is 13.6. The highest BCUT2D eigenvalue weighted by atomic mass is 32.1. The van der Waals surface area contributed by atoms with Crippen LogP contribution < -0.4 is 14.4 Å². The highest BCUT2D eigenvalue weighted by Gasteiger charge is 2.22. The van der Waals surface area contributed by atoms with Crippen LogP contribution in [0.4, 0.5) is 5.13 Å². The highest BCUT2D eigenvalue weighted by molar-refractivity contribution is 7.22. The molecule has 0 saturated carbocycles. The molecule has 0 bridgehead atoms. The number of methoxy groups -OCH3 is 1. The Hall–Kier alpha value is -2.68. The van der Waals surface area contributed by atoms with Crippen LogP contribution in [0.25, 0.3) is 10.2 Å². The van der Waals surface area contributed by atoms with E-state index in [2.05, 4.69) is 4.90 Å². The summed E-state index contributed by atoms with van der Waals surface area (Å²) >= 11 is 1.53. The zero-order valence-corrected chi connectivity index (χ0v) is 20.3. The minimum atomic E-state index is -0.0564. The van der Waals surface area contributed by atoms with Crippen LogP contribution >= 0.6 is 11.3 Å². The van der Waals surface area contributed by atoms with Crippen molar-refractivity contribution in [3.63, 3.8) is 0 Å². The average Bonchev–Trinajstić information content (AvgIpc) is 3.25. The Morgan fingerprint density at radius 2 is 1.88 bits per heavy atom. The molecule has 8 heteroatoms. The zero-order valence-electron chi connectivity index (χ0n) is 19.5. The molecule has 0 aliphatic carbocycles. The van der Waals surface area contributed by atoms with E-state index in [1.54, 1.807) is 12.0 Å². The Kier molecular flexibility index (Phi) is 7.80. The van der Waals surface area contributed by atoms with E-state index >= 15 is 0 Å². The minimum Gasteiger partial charge on any atom is -0.497 e. The number of ether oxygens (including phenoxy) is 3. The molecule has 7 nitrogen and oxygen atoms in total. The van der Waals surface area contributed by atoms with Gasteiger partial charge in [-0.1, -0.05) is 11.3 Å². The van der Waals surface area contributed by atoms with Gasteiger partial charge in [0, 0.05) is 37.8 Å². The number of rotatable bonds is 9. The fourth-order valence-electron chi connectivity index (χ4n) is 3.80. The number of anilines is 1. The number of aromatic nitrogens is 1. The Morgan fingerprint density at radius 1 is 1.15 bits per heavy atom. The molecule has 0 unspecified atom stereocenters. The molecule has 33 heavy (non-hydrogen) atoms. The number of thiazole rings is 1. The topological polar surface area (TPSA) is 64.1 Å². The molecule has 1 aliphatic heterocycles. The van der Waals surface area contributed by atoms with Crippen LogP contribution in [0.3, 0.4) is 0 Å². The third-order valence-corrected chi connectivity index (χ3v) is 6.55. The minimum absolute atomic E-state index is 0.0564. The molecule has 2 heterocycles. The number of morpholine rings is 1. The van der Waals surface area contributed by atoms with Gasteiger partial charge in [0.25, 0.3) is 5.91 Å². The predicted molar refractivity (Wildman–Crippen MR) is 132 cm³/mol. The number of fused-ring (bicyclic) bond motifs is 1. The first kappa shape index (κ1) is 23.5. The lowest BCUT2D eigenvalue weighted by atomic mass is 10.2. The van der Waals surface area contributed by atoms with Crippen LogP contribution in [0, 0.1) is 0 Å². The van der Waals surface area contributed by atoms with Gasteiger partial charge in [0.05, 0.1) is 36.6 Å². The summed E-state index contributed by atoms with van der Waals surface area (Å²) in [6.45, 7) is 8.90. The van der Waals surface area contributed by atoms with Crippen LogP contribution in [0.1, 0.15) is 30.6 Å². The molecule has 2 aromatic carbocycles. The van der Waals surface area contributed by atoms with E-state index in [0.29, 0.717) is 17.2 Å². The molecule has 0 atom stereocenters. The lowest BCUT2D eigenvalue weighted by molar-refractivity contribution is 0.0376. The van der Waals surface area contributed by atoms with Gasteiger partial charge in [-0.05, 0) is 56.7 Å². The predicted octanol–water partition coefficient (Wildman–Crippen LogP) is 4.46. The molecule has 1 amide bonds. The normalized spacial score (nSPS) is 14.5. The van der Waals surface area contributed by atoms with Crippen molar-refractivity contribution in [1.82, 2.24) is 9.88 Å². The lowest BCUT2D eigenvalue weighted by Gasteiger charge is -2.27. The van der Waals surface area contributed by atoms with Gasteiger partial charge >= 0.3 is 0 Å². The number of nitrogens with zero attached hydrogens (tertiary/aromatic N) is 3. The molecule has 0 spiro atoms. The monoisotopic (exact) mass is 469 g/mol. The second-order valence-electron chi connectivity index (χ2n) is 8.29. The molecule has 0 radical (unpaired) electrons. The maximum absolute atomic E-state index is 13.6. The summed E-state index contributed by atoms with van der Waals surface area (Å²) in [5, 5.41) is 0.702. The molecule has 176 valence electrons. The fraction of sp³-hybridized carbons (Fsp3) is 0.440. The van der Waals surface area contributed by atoms with Crippen molar-refractivity contribution in [2.24, 2.45) is 0 Å². The van der Waals surface area contributed by atoms with Crippen LogP contribution in [-0.4, -0.2) is 68.4 Å². The first-order valence-electron chi connectivity index (χ1n) is 11.4. The Morgan fingerprint density at radius 3 is 2.58 bits per heavy atom. The third-order valence-electron chi connectivity index (χ3n) is 5.49. The first-order valence-corrected chi connectivity index (χ1v) is 12.2. The van der Waals surface area contributed by atoms with Crippen LogP contribution in [0.15, 0.2) is 42.5 Å². The molecular weight excluding hydrogens is 438 g/mol.